The summed E-state index contributed by atoms with van der Waals surface area (Å²) in [6, 6.07) is 0. The van der Waals surface area contributed by atoms with Crippen molar-refractivity contribution in [3.8, 4) is 0 Å². The molecule has 0 saturated carbocycles. The fourth-order valence-corrected chi connectivity index (χ4v) is 0. The van der Waals surface area contributed by atoms with Gasteiger partial charge in [0.15, 0.2) is 0 Å². The fourth-order valence-electron chi connectivity index (χ4n) is 0. The summed E-state index contributed by atoms with van der Waals surface area (Å²) in [5.74, 6) is 0. The van der Waals surface area contributed by atoms with Gasteiger partial charge in [-0.2, -0.15) is 0 Å². The SMILES string of the molecule is CCO.CO.O.[K+].[OH-]. The molecular formula is C3H13KO4. The molecule has 0 unspecified atom stereocenters. The third-order valence-corrected chi connectivity index (χ3v) is 0. The van der Waals surface area contributed by atoms with E-state index in [1.165, 1.54) is 0 Å². The number of hydrogen-bond donors (Lipinski definition) is 2. The van der Waals surface area contributed by atoms with Crippen LogP contribution in [0.3, 0.4) is 0 Å². The normalized spacial score (nSPS) is 3.00. The van der Waals surface area contributed by atoms with Crippen molar-refractivity contribution >= 4 is 0 Å². The van der Waals surface area contributed by atoms with Gasteiger partial charge in [0.2, 0.25) is 0 Å². The number of aliphatic hydroxyl groups is 2. The summed E-state index contributed by atoms with van der Waals surface area (Å²) in [6.45, 7) is 1.93. The zero-order chi connectivity index (χ0) is 4.71. The van der Waals surface area contributed by atoms with Crippen molar-refractivity contribution in [2.75, 3.05) is 13.7 Å². The van der Waals surface area contributed by atoms with E-state index in [-0.39, 0.29) is 68.9 Å². The van der Waals surface area contributed by atoms with Gasteiger partial charge in [0.1, 0.15) is 0 Å². The predicted octanol–water partition coefficient (Wildman–Crippen LogP) is -4.39. The average Bonchev–Trinajstić information content (AvgIpc) is 1.46. The van der Waals surface area contributed by atoms with Crippen LogP contribution in [0.15, 0.2) is 0 Å². The molecule has 0 aromatic heterocycles. The Balaban J connectivity index is -0.00000000567. The van der Waals surface area contributed by atoms with Crippen molar-refractivity contribution in [1.29, 1.82) is 0 Å². The molecule has 0 radical (unpaired) electrons. The summed E-state index contributed by atoms with van der Waals surface area (Å²) < 4.78 is 0. The van der Waals surface area contributed by atoms with Crippen LogP contribution >= 0.6 is 0 Å². The summed E-state index contributed by atoms with van der Waals surface area (Å²) in [4.78, 5) is 0. The van der Waals surface area contributed by atoms with E-state index in [4.69, 9.17) is 10.2 Å². The molecule has 50 valence electrons. The quantitative estimate of drug-likeness (QED) is 0.343. The molecule has 0 bridgehead atoms. The first-order chi connectivity index (χ1) is 2.41. The van der Waals surface area contributed by atoms with Crippen LogP contribution in [0.5, 0.6) is 0 Å². The molecule has 0 spiro atoms. The third-order valence-electron chi connectivity index (χ3n) is 0. The summed E-state index contributed by atoms with van der Waals surface area (Å²) in [6.07, 6.45) is 0. The Bertz CT molecular complexity index is 11.2. The molecule has 0 saturated heterocycles. The first kappa shape index (κ1) is 34.0. The second kappa shape index (κ2) is 77.3. The van der Waals surface area contributed by atoms with E-state index >= 15 is 0 Å². The number of aliphatic hydroxyl groups excluding tert-OH is 2. The molecule has 5 heteroatoms. The average molecular weight is 152 g/mol. The van der Waals surface area contributed by atoms with Crippen molar-refractivity contribution in [3.63, 3.8) is 0 Å². The largest absolute Gasteiger partial charge is 1.00 e. The molecule has 8 heavy (non-hydrogen) atoms. The van der Waals surface area contributed by atoms with E-state index in [2.05, 4.69) is 0 Å². The van der Waals surface area contributed by atoms with Gasteiger partial charge < -0.3 is 21.2 Å². The van der Waals surface area contributed by atoms with E-state index in [1.54, 1.807) is 6.92 Å². The van der Waals surface area contributed by atoms with E-state index < -0.39 is 0 Å². The van der Waals surface area contributed by atoms with E-state index in [9.17, 15) is 0 Å². The van der Waals surface area contributed by atoms with Crippen molar-refractivity contribution in [2.24, 2.45) is 0 Å². The molecule has 0 aromatic rings. The van der Waals surface area contributed by atoms with Crippen LogP contribution in [0.4, 0.5) is 0 Å². The summed E-state index contributed by atoms with van der Waals surface area (Å²) in [7, 11) is 1.00. The van der Waals surface area contributed by atoms with E-state index in [1.807, 2.05) is 0 Å². The first-order valence-electron chi connectivity index (χ1n) is 1.47. The van der Waals surface area contributed by atoms with Crippen LogP contribution in [0.25, 0.3) is 0 Å². The standard InChI is InChI=1S/C2H6O.CH4O.K.2H2O/c1-2-3;1-2;;;/h3H,2H2,1H3;2H,1H3;;2*1H2/q;;+1;;/p-1. The maximum absolute atomic E-state index is 7.57. The van der Waals surface area contributed by atoms with Gasteiger partial charge in [-0.05, 0) is 6.92 Å². The zero-order valence-electron chi connectivity index (χ0n) is 5.55. The number of rotatable bonds is 0. The third kappa shape index (κ3) is 144. The van der Waals surface area contributed by atoms with Gasteiger partial charge in [0.25, 0.3) is 0 Å². The van der Waals surface area contributed by atoms with Gasteiger partial charge in [-0.1, -0.05) is 0 Å². The minimum atomic E-state index is 0. The second-order valence-electron chi connectivity index (χ2n) is 0.316. The van der Waals surface area contributed by atoms with Crippen LogP contribution in [0, 0.1) is 0 Å². The first-order valence-corrected chi connectivity index (χ1v) is 1.47. The topological polar surface area (TPSA) is 102 Å². The minimum absolute atomic E-state index is 0. The molecule has 4 nitrogen and oxygen atoms in total. The maximum Gasteiger partial charge on any atom is 1.00 e. The van der Waals surface area contributed by atoms with Gasteiger partial charge >= 0.3 is 51.4 Å². The van der Waals surface area contributed by atoms with Crippen molar-refractivity contribution in [1.82, 2.24) is 0 Å². The molecule has 0 fully saturated rings. The Morgan fingerprint density at radius 1 is 1.25 bits per heavy atom. The fraction of sp³-hybridized carbons (Fsp3) is 1.00. The van der Waals surface area contributed by atoms with Crippen LogP contribution in [0.1, 0.15) is 6.92 Å². The molecule has 0 aromatic carbocycles. The number of hydrogen-bond acceptors (Lipinski definition) is 3. The van der Waals surface area contributed by atoms with Gasteiger partial charge in [-0.25, -0.2) is 0 Å². The second-order valence-corrected chi connectivity index (χ2v) is 0.316. The summed E-state index contributed by atoms with van der Waals surface area (Å²) >= 11 is 0. The molecule has 5 N–H and O–H groups in total. The molecule has 0 aliphatic heterocycles. The van der Waals surface area contributed by atoms with Crippen LogP contribution in [-0.4, -0.2) is 34.9 Å². The van der Waals surface area contributed by atoms with Gasteiger partial charge in [0, 0.05) is 13.7 Å². The van der Waals surface area contributed by atoms with Crippen LogP contribution in [0.2, 0.25) is 0 Å². The Labute approximate surface area is 91.9 Å². The Morgan fingerprint density at radius 3 is 1.25 bits per heavy atom. The molecular weight excluding hydrogens is 139 g/mol. The van der Waals surface area contributed by atoms with Gasteiger partial charge in [-0.3, -0.25) is 0 Å². The molecule has 0 amide bonds. The Hall–Kier alpha value is 1.48. The molecule has 0 atom stereocenters. The van der Waals surface area contributed by atoms with Gasteiger partial charge in [-0.15, -0.1) is 0 Å². The van der Waals surface area contributed by atoms with Gasteiger partial charge in [0.05, 0.1) is 0 Å². The zero-order valence-corrected chi connectivity index (χ0v) is 8.67. The Morgan fingerprint density at radius 2 is 1.25 bits per heavy atom. The monoisotopic (exact) mass is 152 g/mol. The summed E-state index contributed by atoms with van der Waals surface area (Å²) in [5.41, 5.74) is 0. The smallest absolute Gasteiger partial charge is 0.870 e. The van der Waals surface area contributed by atoms with Crippen molar-refractivity contribution in [3.05, 3.63) is 0 Å². The van der Waals surface area contributed by atoms with Crippen molar-refractivity contribution < 1.29 is 72.5 Å². The molecule has 0 aliphatic rings. The van der Waals surface area contributed by atoms with Crippen molar-refractivity contribution in [2.45, 2.75) is 6.92 Å². The predicted molar refractivity (Wildman–Crippen MR) is 26.5 cm³/mol. The Kier molecular flexibility index (Phi) is 328. The van der Waals surface area contributed by atoms with E-state index in [0.717, 1.165) is 7.11 Å². The molecule has 0 rings (SSSR count). The maximum atomic E-state index is 7.57. The molecule has 0 heterocycles. The van der Waals surface area contributed by atoms with E-state index in [0.29, 0.717) is 0 Å². The van der Waals surface area contributed by atoms with Crippen LogP contribution in [-0.2, 0) is 0 Å². The minimum Gasteiger partial charge on any atom is -0.870 e. The molecule has 0 aliphatic carbocycles. The summed E-state index contributed by atoms with van der Waals surface area (Å²) in [5, 5.41) is 14.6. The van der Waals surface area contributed by atoms with Crippen LogP contribution < -0.4 is 51.4 Å².